The van der Waals surface area contributed by atoms with Crippen molar-refractivity contribution in [3.05, 3.63) is 30.3 Å². The zero-order chi connectivity index (χ0) is 13.1. The van der Waals surface area contributed by atoms with Crippen molar-refractivity contribution in [2.75, 3.05) is 17.6 Å². The van der Waals surface area contributed by atoms with E-state index in [-0.39, 0.29) is 5.91 Å². The first-order valence-corrected chi connectivity index (χ1v) is 6.99. The molecular weight excluding hydrogens is 240 g/mol. The van der Waals surface area contributed by atoms with Crippen LogP contribution in [0, 0.1) is 0 Å². The van der Waals surface area contributed by atoms with Gasteiger partial charge in [-0.2, -0.15) is 0 Å². The predicted octanol–water partition coefficient (Wildman–Crippen LogP) is 0.587. The van der Waals surface area contributed by atoms with Gasteiger partial charge in [-0.15, -0.1) is 0 Å². The van der Waals surface area contributed by atoms with E-state index >= 15 is 0 Å². The van der Waals surface area contributed by atoms with Crippen LogP contribution in [-0.2, 0) is 14.8 Å². The number of rotatable bonds is 4. The van der Waals surface area contributed by atoms with E-state index in [0.717, 1.165) is 10.6 Å². The topological polar surface area (TPSA) is 66.5 Å². The smallest absolute Gasteiger partial charge is 0.243 e. The van der Waals surface area contributed by atoms with Crippen molar-refractivity contribution >= 4 is 21.6 Å². The third-order valence-corrected chi connectivity index (χ3v) is 3.59. The quantitative estimate of drug-likeness (QED) is 0.857. The highest BCUT2D eigenvalue weighted by Crippen LogP contribution is 2.19. The van der Waals surface area contributed by atoms with Gasteiger partial charge in [-0.05, 0) is 19.1 Å². The van der Waals surface area contributed by atoms with Crippen LogP contribution in [0.5, 0.6) is 0 Å². The average Bonchev–Trinajstić information content (AvgIpc) is 2.27. The largest absolute Gasteiger partial charge is 0.357 e. The number of likely N-dealkylation sites (N-methyl/N-ethyl adjacent to an activating group) is 1. The number of carbonyl (C=O) groups excluding carboxylic acids is 1. The lowest BCUT2D eigenvalue weighted by Gasteiger charge is -2.27. The summed E-state index contributed by atoms with van der Waals surface area (Å²) in [6, 6.07) is 7.77. The van der Waals surface area contributed by atoms with Crippen LogP contribution in [0.3, 0.4) is 0 Å². The highest BCUT2D eigenvalue weighted by Gasteiger charge is 2.27. The van der Waals surface area contributed by atoms with E-state index in [1.807, 2.05) is 0 Å². The molecule has 0 aliphatic carbocycles. The fourth-order valence-corrected chi connectivity index (χ4v) is 2.77. The third-order valence-electron chi connectivity index (χ3n) is 2.35. The van der Waals surface area contributed by atoms with Gasteiger partial charge in [0.25, 0.3) is 0 Å². The summed E-state index contributed by atoms with van der Waals surface area (Å²) in [5, 5.41) is 2.44. The molecule has 0 saturated heterocycles. The van der Waals surface area contributed by atoms with Crippen LogP contribution in [-0.4, -0.2) is 33.7 Å². The number of carbonyl (C=O) groups is 1. The van der Waals surface area contributed by atoms with E-state index in [1.54, 1.807) is 37.3 Å². The van der Waals surface area contributed by atoms with Crippen molar-refractivity contribution in [3.8, 4) is 0 Å². The molecule has 0 aliphatic heterocycles. The number of nitrogens with one attached hydrogen (secondary N) is 1. The third kappa shape index (κ3) is 3.20. The molecule has 1 amide bonds. The van der Waals surface area contributed by atoms with Crippen LogP contribution in [0.25, 0.3) is 0 Å². The minimum Gasteiger partial charge on any atom is -0.357 e. The van der Waals surface area contributed by atoms with E-state index in [9.17, 15) is 13.2 Å². The standard InChI is InChI=1S/C11H16N2O3S/c1-9(11(14)12-2)13(17(3,15)16)10-7-5-4-6-8-10/h4-9H,1-3H3,(H,12,14). The van der Waals surface area contributed by atoms with Gasteiger partial charge in [0.2, 0.25) is 15.9 Å². The molecular formula is C11H16N2O3S. The molecule has 6 heteroatoms. The summed E-state index contributed by atoms with van der Waals surface area (Å²) in [6.45, 7) is 1.55. The second-order valence-electron chi connectivity index (χ2n) is 3.68. The molecule has 0 saturated carbocycles. The molecule has 1 rings (SSSR count). The summed E-state index contributed by atoms with van der Waals surface area (Å²) in [7, 11) is -2.02. The van der Waals surface area contributed by atoms with Crippen LogP contribution in [0.2, 0.25) is 0 Å². The highest BCUT2D eigenvalue weighted by atomic mass is 32.2. The normalized spacial score (nSPS) is 12.9. The summed E-state index contributed by atoms with van der Waals surface area (Å²) in [6.07, 6.45) is 1.08. The maximum absolute atomic E-state index is 11.7. The van der Waals surface area contributed by atoms with E-state index in [1.165, 1.54) is 7.05 Å². The van der Waals surface area contributed by atoms with Crippen LogP contribution in [0.15, 0.2) is 30.3 Å². The molecule has 0 bridgehead atoms. The number of hydrogen-bond acceptors (Lipinski definition) is 3. The van der Waals surface area contributed by atoms with Gasteiger partial charge in [-0.25, -0.2) is 8.42 Å². The van der Waals surface area contributed by atoms with Crippen LogP contribution < -0.4 is 9.62 Å². The second-order valence-corrected chi connectivity index (χ2v) is 5.54. The Morgan fingerprint density at radius 2 is 1.82 bits per heavy atom. The van der Waals surface area contributed by atoms with Crippen LogP contribution >= 0.6 is 0 Å². The zero-order valence-electron chi connectivity index (χ0n) is 10.0. The Hall–Kier alpha value is -1.56. The molecule has 0 fully saturated rings. The van der Waals surface area contributed by atoms with E-state index < -0.39 is 16.1 Å². The maximum atomic E-state index is 11.7. The summed E-state index contributed by atoms with van der Waals surface area (Å²) < 4.78 is 24.6. The molecule has 0 radical (unpaired) electrons. The molecule has 1 N–H and O–H groups in total. The van der Waals surface area contributed by atoms with Gasteiger partial charge in [0, 0.05) is 7.05 Å². The molecule has 1 atom stereocenters. The Bertz CT molecular complexity index is 485. The Balaban J connectivity index is 3.20. The Morgan fingerprint density at radius 3 is 2.24 bits per heavy atom. The Morgan fingerprint density at radius 1 is 1.29 bits per heavy atom. The minimum atomic E-state index is -3.50. The lowest BCUT2D eigenvalue weighted by Crippen LogP contribution is -2.46. The maximum Gasteiger partial charge on any atom is 0.243 e. The molecule has 0 aromatic heterocycles. The van der Waals surface area contributed by atoms with E-state index in [4.69, 9.17) is 0 Å². The first-order valence-electron chi connectivity index (χ1n) is 5.14. The molecule has 0 spiro atoms. The summed E-state index contributed by atoms with van der Waals surface area (Å²) in [5.74, 6) is -0.348. The molecule has 17 heavy (non-hydrogen) atoms. The number of sulfonamides is 1. The molecule has 94 valence electrons. The molecule has 1 aromatic carbocycles. The first-order chi connectivity index (χ1) is 7.88. The summed E-state index contributed by atoms with van der Waals surface area (Å²) in [4.78, 5) is 11.6. The lowest BCUT2D eigenvalue weighted by atomic mass is 10.2. The molecule has 1 aromatic rings. The number of hydrogen-bond donors (Lipinski definition) is 1. The van der Waals surface area contributed by atoms with Crippen molar-refractivity contribution in [1.82, 2.24) is 5.32 Å². The van der Waals surface area contributed by atoms with Crippen LogP contribution in [0.1, 0.15) is 6.92 Å². The van der Waals surface area contributed by atoms with Gasteiger partial charge in [0.1, 0.15) is 6.04 Å². The van der Waals surface area contributed by atoms with Gasteiger partial charge in [0.15, 0.2) is 0 Å². The van der Waals surface area contributed by atoms with Gasteiger partial charge < -0.3 is 5.32 Å². The van der Waals surface area contributed by atoms with Gasteiger partial charge in [-0.3, -0.25) is 9.10 Å². The van der Waals surface area contributed by atoms with Crippen molar-refractivity contribution < 1.29 is 13.2 Å². The van der Waals surface area contributed by atoms with Crippen molar-refractivity contribution in [2.45, 2.75) is 13.0 Å². The molecule has 1 unspecified atom stereocenters. The number of para-hydroxylation sites is 1. The Kier molecular flexibility index (Phi) is 4.11. The SMILES string of the molecule is CNC(=O)C(C)N(c1ccccc1)S(C)(=O)=O. The monoisotopic (exact) mass is 256 g/mol. The Labute approximate surface area is 101 Å². The van der Waals surface area contributed by atoms with Gasteiger partial charge >= 0.3 is 0 Å². The second kappa shape index (κ2) is 5.18. The van der Waals surface area contributed by atoms with Crippen molar-refractivity contribution in [3.63, 3.8) is 0 Å². The van der Waals surface area contributed by atoms with Crippen molar-refractivity contribution in [1.29, 1.82) is 0 Å². The van der Waals surface area contributed by atoms with Gasteiger partial charge in [-0.1, -0.05) is 18.2 Å². The van der Waals surface area contributed by atoms with Crippen LogP contribution in [0.4, 0.5) is 5.69 Å². The highest BCUT2D eigenvalue weighted by molar-refractivity contribution is 7.92. The number of amides is 1. The number of anilines is 1. The lowest BCUT2D eigenvalue weighted by molar-refractivity contribution is -0.121. The van der Waals surface area contributed by atoms with E-state index in [2.05, 4.69) is 5.32 Å². The first kappa shape index (κ1) is 13.5. The molecule has 0 aliphatic rings. The molecule has 0 heterocycles. The minimum absolute atomic E-state index is 0.348. The summed E-state index contributed by atoms with van der Waals surface area (Å²) >= 11 is 0. The number of benzene rings is 1. The molecule has 5 nitrogen and oxygen atoms in total. The fraction of sp³-hybridized carbons (Fsp3) is 0.364. The average molecular weight is 256 g/mol. The van der Waals surface area contributed by atoms with Crippen molar-refractivity contribution in [2.24, 2.45) is 0 Å². The predicted molar refractivity (Wildman–Crippen MR) is 67.3 cm³/mol. The van der Waals surface area contributed by atoms with Gasteiger partial charge in [0.05, 0.1) is 11.9 Å². The fourth-order valence-electron chi connectivity index (χ4n) is 1.59. The zero-order valence-corrected chi connectivity index (χ0v) is 10.9. The van der Waals surface area contributed by atoms with E-state index in [0.29, 0.717) is 5.69 Å². The summed E-state index contributed by atoms with van der Waals surface area (Å²) in [5.41, 5.74) is 0.478. The number of nitrogens with zero attached hydrogens (tertiary/aromatic N) is 1.